The molecular weight excluding hydrogens is 292 g/mol. The summed E-state index contributed by atoms with van der Waals surface area (Å²) < 4.78 is 0. The molecule has 2 atom stereocenters. The zero-order valence-corrected chi connectivity index (χ0v) is 13.9. The summed E-state index contributed by atoms with van der Waals surface area (Å²) in [6.07, 6.45) is 0.764. The highest BCUT2D eigenvalue weighted by Crippen LogP contribution is 2.33. The van der Waals surface area contributed by atoms with Crippen molar-refractivity contribution in [2.45, 2.75) is 58.8 Å². The van der Waals surface area contributed by atoms with Gasteiger partial charge in [0, 0.05) is 18.5 Å². The van der Waals surface area contributed by atoms with Gasteiger partial charge in [0.1, 0.15) is 6.23 Å². The molecule has 1 aromatic carbocycles. The van der Waals surface area contributed by atoms with E-state index in [-0.39, 0.29) is 23.3 Å². The average molecular weight is 316 g/mol. The number of nitrogens with zero attached hydrogens (tertiary/aromatic N) is 1. The first-order chi connectivity index (χ1) is 10.8. The van der Waals surface area contributed by atoms with Crippen molar-refractivity contribution in [3.63, 3.8) is 0 Å². The Morgan fingerprint density at radius 3 is 2.70 bits per heavy atom. The van der Waals surface area contributed by atoms with Crippen molar-refractivity contribution < 1.29 is 14.7 Å². The van der Waals surface area contributed by atoms with Crippen LogP contribution in [0.15, 0.2) is 18.2 Å². The van der Waals surface area contributed by atoms with Gasteiger partial charge in [0.15, 0.2) is 0 Å². The third-order valence-electron chi connectivity index (χ3n) is 4.55. The fraction of sp³-hybridized carbons (Fsp3) is 0.556. The number of carbonyl (C=O) groups is 2. The summed E-state index contributed by atoms with van der Waals surface area (Å²) in [7, 11) is 0. The summed E-state index contributed by atoms with van der Waals surface area (Å²) in [6.45, 7) is 7.06. The summed E-state index contributed by atoms with van der Waals surface area (Å²) >= 11 is 0. The molecule has 2 aliphatic rings. The minimum atomic E-state index is -0.986. The van der Waals surface area contributed by atoms with Crippen LogP contribution in [0.1, 0.15) is 55.1 Å². The maximum atomic E-state index is 12.7. The summed E-state index contributed by atoms with van der Waals surface area (Å²) in [5.41, 5.74) is 3.14. The van der Waals surface area contributed by atoms with Crippen LogP contribution in [0.25, 0.3) is 0 Å². The van der Waals surface area contributed by atoms with Gasteiger partial charge in [-0.15, -0.1) is 0 Å². The molecule has 2 aliphatic heterocycles. The topological polar surface area (TPSA) is 69.6 Å². The van der Waals surface area contributed by atoms with E-state index in [2.05, 4.69) is 32.2 Å². The van der Waals surface area contributed by atoms with Gasteiger partial charge in [-0.3, -0.25) is 9.59 Å². The second-order valence-corrected chi connectivity index (χ2v) is 7.73. The van der Waals surface area contributed by atoms with E-state index < -0.39 is 6.23 Å². The first-order valence-corrected chi connectivity index (χ1v) is 8.15. The van der Waals surface area contributed by atoms with Crippen LogP contribution in [0.3, 0.4) is 0 Å². The number of benzene rings is 1. The van der Waals surface area contributed by atoms with Crippen LogP contribution in [0.2, 0.25) is 0 Å². The van der Waals surface area contributed by atoms with Crippen molar-refractivity contribution in [3.05, 3.63) is 34.9 Å². The van der Waals surface area contributed by atoms with Gasteiger partial charge in [0.05, 0.1) is 6.04 Å². The lowest BCUT2D eigenvalue weighted by molar-refractivity contribution is -0.129. The van der Waals surface area contributed by atoms with Gasteiger partial charge in [-0.25, -0.2) is 0 Å². The number of rotatable bonds is 2. The van der Waals surface area contributed by atoms with Crippen molar-refractivity contribution in [1.82, 2.24) is 10.2 Å². The van der Waals surface area contributed by atoms with E-state index in [1.54, 1.807) is 4.90 Å². The molecule has 2 amide bonds. The van der Waals surface area contributed by atoms with E-state index >= 15 is 0 Å². The summed E-state index contributed by atoms with van der Waals surface area (Å²) in [5.74, 6) is -0.206. The van der Waals surface area contributed by atoms with E-state index in [1.807, 2.05) is 12.1 Å². The van der Waals surface area contributed by atoms with Crippen LogP contribution in [-0.4, -0.2) is 34.1 Å². The highest BCUT2D eigenvalue weighted by atomic mass is 16.3. The van der Waals surface area contributed by atoms with Gasteiger partial charge in [-0.05, 0) is 35.4 Å². The molecule has 2 unspecified atom stereocenters. The minimum absolute atomic E-state index is 0.0454. The Kier molecular flexibility index (Phi) is 3.92. The molecule has 5 heteroatoms. The van der Waals surface area contributed by atoms with Crippen molar-refractivity contribution in [2.24, 2.45) is 5.41 Å². The van der Waals surface area contributed by atoms with Crippen LogP contribution in [0.4, 0.5) is 0 Å². The molecule has 0 saturated carbocycles. The lowest BCUT2D eigenvalue weighted by atomic mass is 9.85. The van der Waals surface area contributed by atoms with Crippen LogP contribution in [-0.2, 0) is 17.8 Å². The minimum Gasteiger partial charge on any atom is -0.372 e. The van der Waals surface area contributed by atoms with Crippen LogP contribution < -0.4 is 5.32 Å². The molecule has 1 aromatic rings. The van der Waals surface area contributed by atoms with Gasteiger partial charge in [-0.2, -0.15) is 0 Å². The third kappa shape index (κ3) is 3.11. The molecule has 5 nitrogen and oxygen atoms in total. The Labute approximate surface area is 136 Å². The summed E-state index contributed by atoms with van der Waals surface area (Å²) in [6, 6.07) is 5.52. The third-order valence-corrected chi connectivity index (χ3v) is 4.55. The number of carbonyl (C=O) groups excluding carboxylic acids is 2. The Hall–Kier alpha value is -1.88. The predicted molar refractivity (Wildman–Crippen MR) is 86.6 cm³/mol. The monoisotopic (exact) mass is 316 g/mol. The fourth-order valence-corrected chi connectivity index (χ4v) is 3.52. The Morgan fingerprint density at radius 1 is 1.30 bits per heavy atom. The zero-order valence-electron chi connectivity index (χ0n) is 13.9. The first-order valence-electron chi connectivity index (χ1n) is 8.15. The number of piperidine rings is 1. The van der Waals surface area contributed by atoms with Crippen LogP contribution >= 0.6 is 0 Å². The maximum Gasteiger partial charge on any atom is 0.254 e. The summed E-state index contributed by atoms with van der Waals surface area (Å²) in [5, 5.41) is 12.7. The van der Waals surface area contributed by atoms with E-state index in [0.717, 1.165) is 17.5 Å². The normalized spacial score (nSPS) is 24.6. The number of hydrogen-bond donors (Lipinski definition) is 2. The highest BCUT2D eigenvalue weighted by Gasteiger charge is 2.39. The maximum absolute atomic E-state index is 12.7. The number of nitrogens with one attached hydrogen (secondary N) is 1. The molecule has 124 valence electrons. The molecule has 1 saturated heterocycles. The zero-order chi connectivity index (χ0) is 16.8. The molecule has 0 bridgehead atoms. The Balaban J connectivity index is 1.87. The van der Waals surface area contributed by atoms with Crippen molar-refractivity contribution in [3.8, 4) is 0 Å². The summed E-state index contributed by atoms with van der Waals surface area (Å²) in [4.78, 5) is 25.8. The average Bonchev–Trinajstić information content (AvgIpc) is 2.76. The van der Waals surface area contributed by atoms with E-state index in [0.29, 0.717) is 19.4 Å². The van der Waals surface area contributed by atoms with Gasteiger partial charge >= 0.3 is 0 Å². The molecular formula is C18H24N2O3. The molecule has 1 fully saturated rings. The molecule has 2 N–H and O–H groups in total. The number of aliphatic hydroxyl groups excluding tert-OH is 1. The molecule has 2 heterocycles. The first kappa shape index (κ1) is 16.0. The predicted octanol–water partition coefficient (Wildman–Crippen LogP) is 1.83. The molecule has 0 aliphatic carbocycles. The molecule has 23 heavy (non-hydrogen) atoms. The number of fused-ring (bicyclic) bond motifs is 1. The Morgan fingerprint density at radius 2 is 2.04 bits per heavy atom. The molecule has 0 spiro atoms. The quantitative estimate of drug-likeness (QED) is 0.874. The largest absolute Gasteiger partial charge is 0.372 e. The second-order valence-electron chi connectivity index (χ2n) is 7.73. The van der Waals surface area contributed by atoms with Gasteiger partial charge < -0.3 is 15.3 Å². The van der Waals surface area contributed by atoms with Crippen molar-refractivity contribution >= 4 is 11.8 Å². The van der Waals surface area contributed by atoms with Crippen molar-refractivity contribution in [1.29, 1.82) is 0 Å². The van der Waals surface area contributed by atoms with E-state index in [4.69, 9.17) is 0 Å². The second kappa shape index (κ2) is 5.64. The molecule has 0 radical (unpaired) electrons. The van der Waals surface area contributed by atoms with Crippen LogP contribution in [0, 0.1) is 5.41 Å². The van der Waals surface area contributed by atoms with E-state index in [9.17, 15) is 14.7 Å². The van der Waals surface area contributed by atoms with Crippen molar-refractivity contribution in [2.75, 3.05) is 0 Å². The highest BCUT2D eigenvalue weighted by molar-refractivity contribution is 5.99. The standard InChI is InChI=1S/C18H24N2O3/c1-18(2,3)9-11-5-4-6-12-13(11)10-20(17(12)23)14-7-8-15(21)19-16(14)22/h4-6,14,16,22H,7-10H2,1-3H3,(H,19,21). The number of hydrogen-bond acceptors (Lipinski definition) is 3. The Bertz CT molecular complexity index is 648. The number of aliphatic hydroxyl groups is 1. The van der Waals surface area contributed by atoms with Gasteiger partial charge in [-0.1, -0.05) is 32.9 Å². The lowest BCUT2D eigenvalue weighted by Crippen LogP contribution is -2.55. The molecule has 0 aromatic heterocycles. The lowest BCUT2D eigenvalue weighted by Gasteiger charge is -2.35. The SMILES string of the molecule is CC(C)(C)Cc1cccc2c1CN(C1CCC(=O)NC1O)C2=O. The number of amides is 2. The van der Waals surface area contributed by atoms with Crippen LogP contribution in [0.5, 0.6) is 0 Å². The molecule has 3 rings (SSSR count). The van der Waals surface area contributed by atoms with Gasteiger partial charge in [0.25, 0.3) is 5.91 Å². The fourth-order valence-electron chi connectivity index (χ4n) is 3.52. The smallest absolute Gasteiger partial charge is 0.254 e. The van der Waals surface area contributed by atoms with Gasteiger partial charge in [0.2, 0.25) is 5.91 Å². The van der Waals surface area contributed by atoms with E-state index in [1.165, 1.54) is 5.56 Å².